The summed E-state index contributed by atoms with van der Waals surface area (Å²) in [5, 5.41) is 10.1. The van der Waals surface area contributed by atoms with Crippen molar-refractivity contribution in [1.29, 1.82) is 0 Å². The number of H-pyrrole nitrogens is 1. The summed E-state index contributed by atoms with van der Waals surface area (Å²) in [6.07, 6.45) is 1.73. The Balaban J connectivity index is 2.26. The molecular weight excluding hydrogens is 226 g/mol. The first-order valence-electron chi connectivity index (χ1n) is 5.77. The first kappa shape index (κ1) is 10.8. The van der Waals surface area contributed by atoms with Crippen molar-refractivity contribution < 1.29 is 5.11 Å². The SMILES string of the molecule is Cc1cccc(-c2nc3nccc(C)c3[nH]2)c1O. The lowest BCUT2D eigenvalue weighted by atomic mass is 10.1. The van der Waals surface area contributed by atoms with Crippen LogP contribution in [0.4, 0.5) is 0 Å². The third-order valence-corrected chi connectivity index (χ3v) is 3.09. The van der Waals surface area contributed by atoms with E-state index in [0.29, 0.717) is 17.0 Å². The monoisotopic (exact) mass is 239 g/mol. The molecule has 2 N–H and O–H groups in total. The lowest BCUT2D eigenvalue weighted by molar-refractivity contribution is 0.473. The van der Waals surface area contributed by atoms with E-state index in [9.17, 15) is 5.11 Å². The molecule has 0 bridgehead atoms. The molecule has 0 unspecified atom stereocenters. The van der Waals surface area contributed by atoms with Gasteiger partial charge in [0.2, 0.25) is 0 Å². The van der Waals surface area contributed by atoms with Gasteiger partial charge in [-0.1, -0.05) is 12.1 Å². The van der Waals surface area contributed by atoms with E-state index in [4.69, 9.17) is 0 Å². The number of aromatic amines is 1. The summed E-state index contributed by atoms with van der Waals surface area (Å²) in [5.41, 5.74) is 4.20. The number of aryl methyl sites for hydroxylation is 2. The summed E-state index contributed by atoms with van der Waals surface area (Å²) in [7, 11) is 0. The maximum Gasteiger partial charge on any atom is 0.178 e. The second-order valence-electron chi connectivity index (χ2n) is 4.38. The van der Waals surface area contributed by atoms with Crippen LogP contribution in [0.1, 0.15) is 11.1 Å². The highest BCUT2D eigenvalue weighted by Gasteiger charge is 2.12. The van der Waals surface area contributed by atoms with Crippen molar-refractivity contribution in [2.45, 2.75) is 13.8 Å². The summed E-state index contributed by atoms with van der Waals surface area (Å²) in [6.45, 7) is 3.87. The van der Waals surface area contributed by atoms with Gasteiger partial charge in [0, 0.05) is 6.20 Å². The van der Waals surface area contributed by atoms with Gasteiger partial charge in [0.25, 0.3) is 0 Å². The van der Waals surface area contributed by atoms with E-state index in [1.165, 1.54) is 0 Å². The summed E-state index contributed by atoms with van der Waals surface area (Å²) in [4.78, 5) is 11.8. The van der Waals surface area contributed by atoms with E-state index >= 15 is 0 Å². The minimum absolute atomic E-state index is 0.259. The maximum atomic E-state index is 10.1. The fourth-order valence-electron chi connectivity index (χ4n) is 2.01. The lowest BCUT2D eigenvalue weighted by Crippen LogP contribution is -1.84. The molecular formula is C14H13N3O. The molecule has 4 nitrogen and oxygen atoms in total. The van der Waals surface area contributed by atoms with Gasteiger partial charge < -0.3 is 10.1 Å². The highest BCUT2D eigenvalue weighted by molar-refractivity contribution is 5.80. The summed E-state index contributed by atoms with van der Waals surface area (Å²) < 4.78 is 0. The number of nitrogens with zero attached hydrogens (tertiary/aromatic N) is 2. The normalized spacial score (nSPS) is 11.0. The Morgan fingerprint density at radius 2 is 1.94 bits per heavy atom. The largest absolute Gasteiger partial charge is 0.507 e. The van der Waals surface area contributed by atoms with Crippen LogP contribution in [0, 0.1) is 13.8 Å². The van der Waals surface area contributed by atoms with Crippen LogP contribution in [0.2, 0.25) is 0 Å². The number of phenols is 1. The molecule has 0 spiro atoms. The molecule has 2 heterocycles. The predicted molar refractivity (Wildman–Crippen MR) is 70.5 cm³/mol. The van der Waals surface area contributed by atoms with Crippen molar-refractivity contribution in [2.24, 2.45) is 0 Å². The number of aromatic nitrogens is 3. The predicted octanol–water partition coefficient (Wildman–Crippen LogP) is 2.95. The summed E-state index contributed by atoms with van der Waals surface area (Å²) >= 11 is 0. The molecule has 0 radical (unpaired) electrons. The van der Waals surface area contributed by atoms with E-state index in [2.05, 4.69) is 15.0 Å². The number of imidazole rings is 1. The average Bonchev–Trinajstić information content (AvgIpc) is 2.78. The Hall–Kier alpha value is -2.36. The molecule has 2 aromatic heterocycles. The molecule has 18 heavy (non-hydrogen) atoms. The fourth-order valence-corrected chi connectivity index (χ4v) is 2.01. The van der Waals surface area contributed by atoms with Gasteiger partial charge >= 0.3 is 0 Å². The Bertz CT molecular complexity index is 731. The van der Waals surface area contributed by atoms with Crippen LogP contribution in [0.25, 0.3) is 22.6 Å². The van der Waals surface area contributed by atoms with Crippen LogP contribution in [0.15, 0.2) is 30.5 Å². The molecule has 4 heteroatoms. The van der Waals surface area contributed by atoms with E-state index in [0.717, 1.165) is 16.6 Å². The van der Waals surface area contributed by atoms with Gasteiger partial charge in [0.1, 0.15) is 11.6 Å². The molecule has 0 atom stereocenters. The number of rotatable bonds is 1. The molecule has 0 saturated carbocycles. The average molecular weight is 239 g/mol. The number of para-hydroxylation sites is 1. The zero-order chi connectivity index (χ0) is 12.7. The van der Waals surface area contributed by atoms with E-state index in [1.807, 2.05) is 38.1 Å². The third-order valence-electron chi connectivity index (χ3n) is 3.09. The topological polar surface area (TPSA) is 61.8 Å². The molecule has 0 fully saturated rings. The van der Waals surface area contributed by atoms with Gasteiger partial charge in [0.05, 0.1) is 11.1 Å². The van der Waals surface area contributed by atoms with Crippen LogP contribution >= 0.6 is 0 Å². The van der Waals surface area contributed by atoms with Crippen molar-refractivity contribution in [3.05, 3.63) is 41.6 Å². The number of pyridine rings is 1. The van der Waals surface area contributed by atoms with Gasteiger partial charge in [-0.15, -0.1) is 0 Å². The Morgan fingerprint density at radius 3 is 2.72 bits per heavy atom. The molecule has 0 aliphatic carbocycles. The zero-order valence-electron chi connectivity index (χ0n) is 10.2. The van der Waals surface area contributed by atoms with Crippen molar-refractivity contribution in [1.82, 2.24) is 15.0 Å². The van der Waals surface area contributed by atoms with Gasteiger partial charge in [0.15, 0.2) is 5.65 Å². The minimum Gasteiger partial charge on any atom is -0.507 e. The van der Waals surface area contributed by atoms with Crippen LogP contribution in [0.5, 0.6) is 5.75 Å². The number of fused-ring (bicyclic) bond motifs is 1. The quantitative estimate of drug-likeness (QED) is 0.686. The number of nitrogens with one attached hydrogen (secondary N) is 1. The fraction of sp³-hybridized carbons (Fsp3) is 0.143. The molecule has 90 valence electrons. The number of phenolic OH excluding ortho intramolecular Hbond substituents is 1. The van der Waals surface area contributed by atoms with Crippen molar-refractivity contribution in [2.75, 3.05) is 0 Å². The van der Waals surface area contributed by atoms with Gasteiger partial charge in [-0.05, 0) is 37.1 Å². The molecule has 0 saturated heterocycles. The molecule has 0 aliphatic heterocycles. The Kier molecular flexibility index (Phi) is 2.30. The summed E-state index contributed by atoms with van der Waals surface area (Å²) in [5.74, 6) is 0.905. The standard InChI is InChI=1S/C14H13N3O/c1-8-6-7-15-14-11(8)16-13(17-14)10-5-3-4-9(2)12(10)18/h3-7,18H,1-2H3,(H,15,16,17). The van der Waals surface area contributed by atoms with Gasteiger partial charge in [-0.3, -0.25) is 0 Å². The second kappa shape index (κ2) is 3.84. The van der Waals surface area contributed by atoms with Gasteiger partial charge in [-0.2, -0.15) is 0 Å². The molecule has 0 aliphatic rings. The zero-order valence-corrected chi connectivity index (χ0v) is 10.2. The highest BCUT2D eigenvalue weighted by Crippen LogP contribution is 2.31. The van der Waals surface area contributed by atoms with Crippen LogP contribution in [-0.4, -0.2) is 20.1 Å². The van der Waals surface area contributed by atoms with E-state index in [-0.39, 0.29) is 5.75 Å². The van der Waals surface area contributed by atoms with E-state index in [1.54, 1.807) is 6.20 Å². The highest BCUT2D eigenvalue weighted by atomic mass is 16.3. The first-order valence-corrected chi connectivity index (χ1v) is 5.77. The van der Waals surface area contributed by atoms with Crippen LogP contribution in [0.3, 0.4) is 0 Å². The van der Waals surface area contributed by atoms with Crippen LogP contribution < -0.4 is 0 Å². The van der Waals surface area contributed by atoms with Gasteiger partial charge in [-0.25, -0.2) is 9.97 Å². The number of hydrogen-bond acceptors (Lipinski definition) is 3. The molecule has 3 rings (SSSR count). The summed E-state index contributed by atoms with van der Waals surface area (Å²) in [6, 6.07) is 7.54. The first-order chi connectivity index (χ1) is 8.66. The number of benzene rings is 1. The molecule has 3 aromatic rings. The van der Waals surface area contributed by atoms with Crippen molar-refractivity contribution >= 4 is 11.2 Å². The van der Waals surface area contributed by atoms with Crippen molar-refractivity contribution in [3.8, 4) is 17.1 Å². The second-order valence-corrected chi connectivity index (χ2v) is 4.38. The minimum atomic E-state index is 0.259. The third kappa shape index (κ3) is 1.54. The lowest BCUT2D eigenvalue weighted by Gasteiger charge is -2.03. The molecule has 0 amide bonds. The van der Waals surface area contributed by atoms with Crippen LogP contribution in [-0.2, 0) is 0 Å². The number of hydrogen-bond donors (Lipinski definition) is 2. The Morgan fingerprint density at radius 1 is 1.11 bits per heavy atom. The van der Waals surface area contributed by atoms with Crippen molar-refractivity contribution in [3.63, 3.8) is 0 Å². The Labute approximate surface area is 104 Å². The maximum absolute atomic E-state index is 10.1. The number of aromatic hydroxyl groups is 1. The molecule has 1 aromatic carbocycles. The smallest absolute Gasteiger partial charge is 0.178 e. The van der Waals surface area contributed by atoms with E-state index < -0.39 is 0 Å².